The molecule has 13 heavy (non-hydrogen) atoms. The van der Waals surface area contributed by atoms with Crippen LogP contribution in [0, 0.1) is 0 Å². The number of hydrogen-bond donors (Lipinski definition) is 2. The van der Waals surface area contributed by atoms with Crippen LogP contribution in [0.25, 0.3) is 10.1 Å². The fraction of sp³-hybridized carbons (Fsp3) is 0. The van der Waals surface area contributed by atoms with Crippen LogP contribution < -0.4 is 5.73 Å². The normalized spacial score (nSPS) is 10.5. The van der Waals surface area contributed by atoms with Crippen LogP contribution >= 0.6 is 11.3 Å². The summed E-state index contributed by atoms with van der Waals surface area (Å²) in [4.78, 5) is 11.0. The van der Waals surface area contributed by atoms with E-state index in [4.69, 9.17) is 10.8 Å². The van der Waals surface area contributed by atoms with Gasteiger partial charge < -0.3 is 10.8 Å². The number of nitrogens with two attached hydrogens (primary N) is 1. The lowest BCUT2D eigenvalue weighted by Gasteiger charge is -1.91. The van der Waals surface area contributed by atoms with Gasteiger partial charge in [0.2, 0.25) is 0 Å². The molecule has 0 aliphatic carbocycles. The number of carboxylic acid groups (broad SMARTS) is 1. The Morgan fingerprint density at radius 1 is 1.46 bits per heavy atom. The van der Waals surface area contributed by atoms with E-state index in [0.29, 0.717) is 10.6 Å². The molecule has 4 heteroatoms. The van der Waals surface area contributed by atoms with E-state index in [-0.39, 0.29) is 0 Å². The number of carbonyl (C=O) groups is 1. The van der Waals surface area contributed by atoms with Crippen molar-refractivity contribution in [1.82, 2.24) is 0 Å². The molecule has 3 N–H and O–H groups in total. The first-order chi connectivity index (χ1) is 6.18. The minimum Gasteiger partial charge on any atom is -0.477 e. The molecule has 0 unspecified atom stereocenters. The summed E-state index contributed by atoms with van der Waals surface area (Å²) >= 11 is 1.21. The molecule has 0 bridgehead atoms. The molecule has 2 rings (SSSR count). The third-order valence-corrected chi connectivity index (χ3v) is 2.97. The van der Waals surface area contributed by atoms with E-state index in [1.807, 2.05) is 12.1 Å². The van der Waals surface area contributed by atoms with Crippen LogP contribution in [0.3, 0.4) is 0 Å². The lowest BCUT2D eigenvalue weighted by Crippen LogP contribution is -1.89. The maximum atomic E-state index is 10.7. The van der Waals surface area contributed by atoms with Crippen molar-refractivity contribution in [1.29, 1.82) is 0 Å². The van der Waals surface area contributed by atoms with Gasteiger partial charge in [-0.1, -0.05) is 12.1 Å². The van der Waals surface area contributed by atoms with E-state index >= 15 is 0 Å². The number of anilines is 1. The van der Waals surface area contributed by atoms with Crippen LogP contribution in [0.15, 0.2) is 24.3 Å². The number of hydrogen-bond acceptors (Lipinski definition) is 3. The highest BCUT2D eigenvalue weighted by Crippen LogP contribution is 2.29. The zero-order valence-corrected chi connectivity index (χ0v) is 7.47. The first-order valence-corrected chi connectivity index (χ1v) is 4.51. The van der Waals surface area contributed by atoms with Gasteiger partial charge in [0.25, 0.3) is 0 Å². The summed E-state index contributed by atoms with van der Waals surface area (Å²) in [6, 6.07) is 7.08. The highest BCUT2D eigenvalue weighted by molar-refractivity contribution is 7.21. The van der Waals surface area contributed by atoms with Gasteiger partial charge in [-0.15, -0.1) is 11.3 Å². The quantitative estimate of drug-likeness (QED) is 0.682. The molecule has 0 radical (unpaired) electrons. The Hall–Kier alpha value is -1.55. The minimum atomic E-state index is -0.902. The molecule has 1 aromatic heterocycles. The number of rotatable bonds is 1. The van der Waals surface area contributed by atoms with Crippen molar-refractivity contribution in [2.45, 2.75) is 0 Å². The average molecular weight is 193 g/mol. The van der Waals surface area contributed by atoms with Gasteiger partial charge in [0.1, 0.15) is 4.88 Å². The molecule has 1 heterocycles. The highest BCUT2D eigenvalue weighted by Gasteiger charge is 2.08. The van der Waals surface area contributed by atoms with Crippen LogP contribution in [0.4, 0.5) is 5.69 Å². The summed E-state index contributed by atoms with van der Waals surface area (Å²) in [6.07, 6.45) is 0. The van der Waals surface area contributed by atoms with Crippen molar-refractivity contribution in [3.63, 3.8) is 0 Å². The standard InChI is InChI=1S/C9H7NO2S/c10-6-3-1-2-5-4-7(9(11)12)13-8(5)6/h1-4H,10H2,(H,11,12). The first-order valence-electron chi connectivity index (χ1n) is 3.70. The summed E-state index contributed by atoms with van der Waals surface area (Å²) in [5, 5.41) is 9.64. The first kappa shape index (κ1) is 8.07. The fourth-order valence-electron chi connectivity index (χ4n) is 1.19. The van der Waals surface area contributed by atoms with E-state index < -0.39 is 5.97 Å². The lowest BCUT2D eigenvalue weighted by molar-refractivity contribution is 0.0702. The number of fused-ring (bicyclic) bond motifs is 1. The van der Waals surface area contributed by atoms with Crippen LogP contribution in [-0.4, -0.2) is 11.1 Å². The number of benzene rings is 1. The SMILES string of the molecule is Nc1cccc2cc(C(=O)O)sc12. The van der Waals surface area contributed by atoms with E-state index in [1.54, 1.807) is 12.1 Å². The molecule has 0 aliphatic heterocycles. The van der Waals surface area contributed by atoms with Gasteiger partial charge in [-0.05, 0) is 17.5 Å². The largest absolute Gasteiger partial charge is 0.477 e. The van der Waals surface area contributed by atoms with E-state index in [0.717, 1.165) is 10.1 Å². The minimum absolute atomic E-state index is 0.327. The Balaban J connectivity index is 2.75. The summed E-state index contributed by atoms with van der Waals surface area (Å²) in [7, 11) is 0. The molecule has 0 saturated carbocycles. The van der Waals surface area contributed by atoms with E-state index in [9.17, 15) is 4.79 Å². The lowest BCUT2D eigenvalue weighted by atomic mass is 10.2. The van der Waals surface area contributed by atoms with Gasteiger partial charge in [0, 0.05) is 5.69 Å². The van der Waals surface area contributed by atoms with E-state index in [2.05, 4.69) is 0 Å². The van der Waals surface area contributed by atoms with E-state index in [1.165, 1.54) is 11.3 Å². The summed E-state index contributed by atoms with van der Waals surface area (Å²) < 4.78 is 0.847. The van der Waals surface area contributed by atoms with Gasteiger partial charge in [-0.3, -0.25) is 0 Å². The zero-order valence-electron chi connectivity index (χ0n) is 6.65. The molecule has 2 aromatic rings. The number of carboxylic acids is 1. The Kier molecular flexibility index (Phi) is 1.70. The Morgan fingerprint density at radius 2 is 2.23 bits per heavy atom. The second kappa shape index (κ2) is 2.74. The van der Waals surface area contributed by atoms with Gasteiger partial charge in [0.15, 0.2) is 0 Å². The fourth-order valence-corrected chi connectivity index (χ4v) is 2.11. The van der Waals surface area contributed by atoms with Crippen molar-refractivity contribution in [2.24, 2.45) is 0 Å². The second-order valence-corrected chi connectivity index (χ2v) is 3.73. The monoisotopic (exact) mass is 193 g/mol. The van der Waals surface area contributed by atoms with Gasteiger partial charge >= 0.3 is 5.97 Å². The smallest absolute Gasteiger partial charge is 0.345 e. The van der Waals surface area contributed by atoms with Gasteiger partial charge in [0.05, 0.1) is 4.70 Å². The predicted octanol–water partition coefficient (Wildman–Crippen LogP) is 2.18. The molecule has 0 aliphatic rings. The van der Waals surface area contributed by atoms with Gasteiger partial charge in [-0.2, -0.15) is 0 Å². The molecule has 0 saturated heterocycles. The number of thiophene rings is 1. The Labute approximate surface area is 78.4 Å². The predicted molar refractivity (Wildman–Crippen MR) is 53.2 cm³/mol. The van der Waals surface area contributed by atoms with Crippen LogP contribution in [0.1, 0.15) is 9.67 Å². The third kappa shape index (κ3) is 1.25. The molecule has 1 aromatic carbocycles. The molecule has 66 valence electrons. The van der Waals surface area contributed by atoms with Crippen molar-refractivity contribution in [2.75, 3.05) is 5.73 Å². The number of aromatic carboxylic acids is 1. The second-order valence-electron chi connectivity index (χ2n) is 2.68. The topological polar surface area (TPSA) is 63.3 Å². The summed E-state index contributed by atoms with van der Waals surface area (Å²) in [6.45, 7) is 0. The van der Waals surface area contributed by atoms with Crippen molar-refractivity contribution in [3.05, 3.63) is 29.1 Å². The molecule has 3 nitrogen and oxygen atoms in total. The Morgan fingerprint density at radius 3 is 2.85 bits per heavy atom. The Bertz CT molecular complexity index is 475. The maximum Gasteiger partial charge on any atom is 0.345 e. The average Bonchev–Trinajstić information content (AvgIpc) is 2.49. The molecule has 0 spiro atoms. The van der Waals surface area contributed by atoms with Crippen molar-refractivity contribution >= 4 is 33.1 Å². The number of nitrogen functional groups attached to an aromatic ring is 1. The van der Waals surface area contributed by atoms with Gasteiger partial charge in [-0.25, -0.2) is 4.79 Å². The van der Waals surface area contributed by atoms with Crippen LogP contribution in [0.5, 0.6) is 0 Å². The molecule has 0 amide bonds. The summed E-state index contributed by atoms with van der Waals surface area (Å²) in [5.41, 5.74) is 6.32. The van der Waals surface area contributed by atoms with Crippen LogP contribution in [0.2, 0.25) is 0 Å². The molecule has 0 atom stereocenters. The van der Waals surface area contributed by atoms with Crippen LogP contribution in [-0.2, 0) is 0 Å². The molecular weight excluding hydrogens is 186 g/mol. The molecule has 0 fully saturated rings. The molecular formula is C9H7NO2S. The van der Waals surface area contributed by atoms with Crippen molar-refractivity contribution < 1.29 is 9.90 Å². The zero-order chi connectivity index (χ0) is 9.42. The maximum absolute atomic E-state index is 10.7. The highest BCUT2D eigenvalue weighted by atomic mass is 32.1. The summed E-state index contributed by atoms with van der Waals surface area (Å²) in [5.74, 6) is -0.902. The van der Waals surface area contributed by atoms with Crippen molar-refractivity contribution in [3.8, 4) is 0 Å². The third-order valence-electron chi connectivity index (χ3n) is 1.79.